The third-order valence-corrected chi connectivity index (χ3v) is 15.4. The maximum absolute atomic E-state index is 12.5. The molecule has 3 N–H and O–H groups in total. The van der Waals surface area contributed by atoms with Crippen LogP contribution in [0.5, 0.6) is 0 Å². The number of aliphatic hydroxyl groups is 2. The normalized spacial score (nSPS) is 12.8. The van der Waals surface area contributed by atoms with Crippen molar-refractivity contribution in [2.75, 3.05) is 6.61 Å². The number of carbonyl (C=O) groups is 1. The van der Waals surface area contributed by atoms with Gasteiger partial charge in [-0.3, -0.25) is 4.79 Å². The Kier molecular flexibility index (Phi) is 61.2. The highest BCUT2D eigenvalue weighted by Gasteiger charge is 2.18. The van der Waals surface area contributed by atoms with Crippen LogP contribution in [0.3, 0.4) is 0 Å². The first-order valence-corrected chi connectivity index (χ1v) is 32.6. The smallest absolute Gasteiger partial charge is 0.220 e. The van der Waals surface area contributed by atoms with E-state index in [0.29, 0.717) is 6.42 Å². The predicted octanol–water partition coefficient (Wildman–Crippen LogP) is 21.8. The summed E-state index contributed by atoms with van der Waals surface area (Å²) in [5.74, 6) is -0.0554. The van der Waals surface area contributed by atoms with E-state index in [1.54, 1.807) is 6.08 Å². The summed E-state index contributed by atoms with van der Waals surface area (Å²) < 4.78 is 0. The topological polar surface area (TPSA) is 69.6 Å². The number of amides is 1. The molecular formula is C66H129NO3. The molecule has 0 saturated carbocycles. The molecule has 0 bridgehead atoms. The largest absolute Gasteiger partial charge is 0.394 e. The van der Waals surface area contributed by atoms with E-state index >= 15 is 0 Å². The number of rotatable bonds is 61. The molecule has 2 atom stereocenters. The molecule has 0 aliphatic rings. The second-order valence-electron chi connectivity index (χ2n) is 22.5. The number of allylic oxidation sites excluding steroid dienone is 3. The van der Waals surface area contributed by atoms with Gasteiger partial charge >= 0.3 is 0 Å². The van der Waals surface area contributed by atoms with Gasteiger partial charge in [0.25, 0.3) is 0 Å². The zero-order valence-electron chi connectivity index (χ0n) is 48.1. The van der Waals surface area contributed by atoms with Crippen LogP contribution in [0.2, 0.25) is 0 Å². The number of hydrogen-bond acceptors (Lipinski definition) is 3. The lowest BCUT2D eigenvalue weighted by Gasteiger charge is -2.20. The maximum atomic E-state index is 12.5. The molecule has 416 valence electrons. The molecule has 0 saturated heterocycles. The molecule has 0 rings (SSSR count). The lowest BCUT2D eigenvalue weighted by molar-refractivity contribution is -0.123. The van der Waals surface area contributed by atoms with Crippen LogP contribution in [0, 0.1) is 0 Å². The summed E-state index contributed by atoms with van der Waals surface area (Å²) in [6, 6.07) is -0.619. The van der Waals surface area contributed by atoms with E-state index in [1.807, 2.05) is 6.08 Å². The molecule has 0 aliphatic heterocycles. The van der Waals surface area contributed by atoms with Crippen molar-refractivity contribution in [3.8, 4) is 0 Å². The molecule has 0 aromatic carbocycles. The van der Waals surface area contributed by atoms with E-state index in [1.165, 1.54) is 327 Å². The van der Waals surface area contributed by atoms with Gasteiger partial charge in [-0.2, -0.15) is 0 Å². The molecule has 1 amide bonds. The molecule has 0 heterocycles. The minimum atomic E-state index is -0.837. The number of unbranched alkanes of at least 4 members (excludes halogenated alkanes) is 52. The summed E-state index contributed by atoms with van der Waals surface area (Å²) >= 11 is 0. The summed E-state index contributed by atoms with van der Waals surface area (Å²) in [6.45, 7) is 4.35. The van der Waals surface area contributed by atoms with Gasteiger partial charge in [-0.05, 0) is 44.9 Å². The van der Waals surface area contributed by atoms with Crippen molar-refractivity contribution in [3.05, 3.63) is 24.3 Å². The Morgan fingerprint density at radius 1 is 0.329 bits per heavy atom. The van der Waals surface area contributed by atoms with Gasteiger partial charge in [0.15, 0.2) is 0 Å². The van der Waals surface area contributed by atoms with Crippen molar-refractivity contribution in [1.29, 1.82) is 0 Å². The fourth-order valence-electron chi connectivity index (χ4n) is 10.5. The van der Waals surface area contributed by atoms with Gasteiger partial charge < -0.3 is 15.5 Å². The molecule has 4 heteroatoms. The van der Waals surface area contributed by atoms with Crippen molar-refractivity contribution >= 4 is 5.91 Å². The first kappa shape index (κ1) is 68.9. The SMILES string of the molecule is CCCCCCCCCC/C=C\CCCCCCCCCCCCCCCCCCCCCCCCCCCCCC(=O)NC(CO)C(O)/C=C/CCCCCCCCCCCCCCCCCCC. The van der Waals surface area contributed by atoms with Crippen LogP contribution in [0.1, 0.15) is 373 Å². The molecule has 0 aromatic heterocycles. The molecule has 0 fully saturated rings. The summed E-state index contributed by atoms with van der Waals surface area (Å²) in [7, 11) is 0. The lowest BCUT2D eigenvalue weighted by atomic mass is 10.0. The molecule has 4 nitrogen and oxygen atoms in total. The van der Waals surface area contributed by atoms with Crippen LogP contribution in [0.4, 0.5) is 0 Å². The average molecular weight is 985 g/mol. The highest BCUT2D eigenvalue weighted by atomic mass is 16.3. The molecule has 0 spiro atoms. The van der Waals surface area contributed by atoms with Crippen LogP contribution in [0.15, 0.2) is 24.3 Å². The van der Waals surface area contributed by atoms with Gasteiger partial charge in [-0.15, -0.1) is 0 Å². The van der Waals surface area contributed by atoms with Gasteiger partial charge in [0.1, 0.15) is 0 Å². The van der Waals surface area contributed by atoms with Crippen molar-refractivity contribution < 1.29 is 15.0 Å². The fourth-order valence-corrected chi connectivity index (χ4v) is 10.5. The van der Waals surface area contributed by atoms with Crippen molar-refractivity contribution in [2.24, 2.45) is 0 Å². The Bertz CT molecular complexity index is 1020. The van der Waals surface area contributed by atoms with Gasteiger partial charge in [0, 0.05) is 6.42 Å². The summed E-state index contributed by atoms with van der Waals surface area (Å²) in [5, 5.41) is 23.2. The average Bonchev–Trinajstić information content (AvgIpc) is 3.36. The molecule has 0 aliphatic carbocycles. The van der Waals surface area contributed by atoms with Crippen LogP contribution >= 0.6 is 0 Å². The fraction of sp³-hybridized carbons (Fsp3) is 0.924. The van der Waals surface area contributed by atoms with Crippen LogP contribution in [0.25, 0.3) is 0 Å². The van der Waals surface area contributed by atoms with Crippen molar-refractivity contribution in [1.82, 2.24) is 5.32 Å². The minimum Gasteiger partial charge on any atom is -0.394 e. The van der Waals surface area contributed by atoms with Gasteiger partial charge in [-0.25, -0.2) is 0 Å². The summed E-state index contributed by atoms with van der Waals surface area (Å²) in [5.41, 5.74) is 0. The van der Waals surface area contributed by atoms with E-state index in [4.69, 9.17) is 0 Å². The Morgan fingerprint density at radius 3 is 0.786 bits per heavy atom. The second-order valence-corrected chi connectivity index (χ2v) is 22.5. The molecular weight excluding hydrogens is 855 g/mol. The van der Waals surface area contributed by atoms with Gasteiger partial charge in [0.2, 0.25) is 5.91 Å². The van der Waals surface area contributed by atoms with Crippen molar-refractivity contribution in [3.63, 3.8) is 0 Å². The zero-order chi connectivity index (χ0) is 50.6. The first-order valence-electron chi connectivity index (χ1n) is 32.6. The second kappa shape index (κ2) is 62.2. The van der Waals surface area contributed by atoms with Crippen molar-refractivity contribution in [2.45, 2.75) is 386 Å². The molecule has 2 unspecified atom stereocenters. The van der Waals surface area contributed by atoms with Gasteiger partial charge in [-0.1, -0.05) is 346 Å². The van der Waals surface area contributed by atoms with E-state index in [2.05, 4.69) is 31.3 Å². The Hall–Kier alpha value is -1.13. The highest BCUT2D eigenvalue weighted by molar-refractivity contribution is 5.76. The van der Waals surface area contributed by atoms with E-state index < -0.39 is 12.1 Å². The number of aliphatic hydroxyl groups excluding tert-OH is 2. The van der Waals surface area contributed by atoms with Crippen LogP contribution < -0.4 is 5.32 Å². The van der Waals surface area contributed by atoms with E-state index in [9.17, 15) is 15.0 Å². The first-order chi connectivity index (χ1) is 34.7. The molecule has 0 aromatic rings. The monoisotopic (exact) mass is 984 g/mol. The maximum Gasteiger partial charge on any atom is 0.220 e. The van der Waals surface area contributed by atoms with E-state index in [-0.39, 0.29) is 12.5 Å². The standard InChI is InChI=1S/C66H129NO3/c1-3-5-7-9-11-13-15-17-19-21-23-24-25-26-27-28-29-30-31-32-33-34-35-36-37-38-39-40-41-42-44-46-48-50-52-54-56-58-60-62-66(70)67-64(63-68)65(69)61-59-57-55-53-51-49-47-45-43-22-20-18-16-14-12-10-8-6-4-2/h21,23,59,61,64-65,68-69H,3-20,22,24-58,60,62-63H2,1-2H3,(H,67,70)/b23-21-,61-59+. The Morgan fingerprint density at radius 2 is 0.543 bits per heavy atom. The summed E-state index contributed by atoms with van der Waals surface area (Å²) in [6.07, 6.45) is 83.9. The summed E-state index contributed by atoms with van der Waals surface area (Å²) in [4.78, 5) is 12.5. The quantitative estimate of drug-likeness (QED) is 0.0420. The van der Waals surface area contributed by atoms with Gasteiger partial charge in [0.05, 0.1) is 18.8 Å². The minimum absolute atomic E-state index is 0.0554. The Labute approximate surface area is 440 Å². The highest BCUT2D eigenvalue weighted by Crippen LogP contribution is 2.19. The zero-order valence-corrected chi connectivity index (χ0v) is 48.1. The lowest BCUT2D eigenvalue weighted by Crippen LogP contribution is -2.45. The Balaban J connectivity index is 3.37. The van der Waals surface area contributed by atoms with Crippen LogP contribution in [-0.2, 0) is 4.79 Å². The number of carbonyl (C=O) groups excluding carboxylic acids is 1. The van der Waals surface area contributed by atoms with E-state index in [0.717, 1.165) is 25.7 Å². The molecule has 0 radical (unpaired) electrons. The third-order valence-electron chi connectivity index (χ3n) is 15.4. The number of hydrogen-bond donors (Lipinski definition) is 3. The van der Waals surface area contributed by atoms with Crippen LogP contribution in [-0.4, -0.2) is 34.9 Å². The molecule has 70 heavy (non-hydrogen) atoms. The number of nitrogens with one attached hydrogen (secondary N) is 1. The third kappa shape index (κ3) is 57.8. The predicted molar refractivity (Wildman–Crippen MR) is 313 cm³/mol.